The van der Waals surface area contributed by atoms with Gasteiger partial charge in [0, 0.05) is 23.8 Å². The predicted octanol–water partition coefficient (Wildman–Crippen LogP) is 1.97. The van der Waals surface area contributed by atoms with E-state index in [-0.39, 0.29) is 11.6 Å². The lowest BCUT2D eigenvalue weighted by molar-refractivity contribution is 0.836. The molecule has 1 heterocycles. The number of aryl methyl sites for hydroxylation is 1. The van der Waals surface area contributed by atoms with Crippen LogP contribution in [0.3, 0.4) is 0 Å². The first-order chi connectivity index (χ1) is 6.00. The summed E-state index contributed by atoms with van der Waals surface area (Å²) in [4.78, 5) is 11.5. The maximum absolute atomic E-state index is 11.5. The van der Waals surface area contributed by atoms with E-state index in [1.54, 1.807) is 23.9 Å². The van der Waals surface area contributed by atoms with E-state index in [4.69, 9.17) is 0 Å². The van der Waals surface area contributed by atoms with Gasteiger partial charge < -0.3 is 9.88 Å². The molecule has 0 bridgehead atoms. The minimum atomic E-state index is -0.00287. The fraction of sp³-hybridized carbons (Fsp3) is 0.444. The van der Waals surface area contributed by atoms with Gasteiger partial charge in [0.25, 0.3) is 5.56 Å². The molecule has 0 aromatic carbocycles. The van der Waals surface area contributed by atoms with Crippen molar-refractivity contribution in [1.82, 2.24) is 4.57 Å². The van der Waals surface area contributed by atoms with Crippen LogP contribution in [0.1, 0.15) is 13.8 Å². The van der Waals surface area contributed by atoms with Gasteiger partial charge in [0.15, 0.2) is 0 Å². The van der Waals surface area contributed by atoms with Crippen molar-refractivity contribution < 1.29 is 0 Å². The Morgan fingerprint density at radius 1 is 1.54 bits per heavy atom. The number of rotatable bonds is 2. The molecular formula is C9H13BrN2O. The quantitative estimate of drug-likeness (QED) is 0.864. The first kappa shape index (κ1) is 10.3. The third-order valence-corrected chi connectivity index (χ3v) is 2.03. The van der Waals surface area contributed by atoms with Crippen LogP contribution in [-0.2, 0) is 7.05 Å². The van der Waals surface area contributed by atoms with Gasteiger partial charge in [0.1, 0.15) is 5.69 Å². The summed E-state index contributed by atoms with van der Waals surface area (Å²) in [5, 5.41) is 3.09. The molecule has 0 atom stereocenters. The van der Waals surface area contributed by atoms with Crippen LogP contribution in [-0.4, -0.2) is 10.6 Å². The second kappa shape index (κ2) is 3.96. The molecule has 0 aliphatic heterocycles. The van der Waals surface area contributed by atoms with Crippen molar-refractivity contribution in [1.29, 1.82) is 0 Å². The molecule has 0 aliphatic rings. The highest BCUT2D eigenvalue weighted by molar-refractivity contribution is 9.10. The van der Waals surface area contributed by atoms with Gasteiger partial charge in [-0.15, -0.1) is 0 Å². The summed E-state index contributed by atoms with van der Waals surface area (Å²) in [5.74, 6) is 0. The monoisotopic (exact) mass is 244 g/mol. The molecule has 0 spiro atoms. The van der Waals surface area contributed by atoms with E-state index in [0.717, 1.165) is 4.47 Å². The maximum Gasteiger partial charge on any atom is 0.273 e. The van der Waals surface area contributed by atoms with Crippen LogP contribution in [0.5, 0.6) is 0 Å². The fourth-order valence-electron chi connectivity index (χ4n) is 1.08. The molecule has 0 amide bonds. The standard InChI is InChI=1S/C9H13BrN2O/c1-6(2)11-8-4-7(10)5-12(3)9(8)13/h4-6,11H,1-3H3. The molecule has 1 N–H and O–H groups in total. The molecule has 72 valence electrons. The Balaban J connectivity index is 3.13. The van der Waals surface area contributed by atoms with Crippen molar-refractivity contribution in [2.75, 3.05) is 5.32 Å². The normalized spacial score (nSPS) is 10.5. The third-order valence-electron chi connectivity index (χ3n) is 1.59. The highest BCUT2D eigenvalue weighted by Crippen LogP contribution is 2.11. The van der Waals surface area contributed by atoms with Crippen LogP contribution in [0.15, 0.2) is 21.5 Å². The van der Waals surface area contributed by atoms with Gasteiger partial charge in [-0.05, 0) is 35.8 Å². The molecule has 0 fully saturated rings. The maximum atomic E-state index is 11.5. The Bertz CT molecular complexity index is 357. The zero-order valence-corrected chi connectivity index (χ0v) is 9.55. The summed E-state index contributed by atoms with van der Waals surface area (Å²) in [6.07, 6.45) is 1.74. The van der Waals surface area contributed by atoms with E-state index in [1.165, 1.54) is 0 Å². The number of nitrogens with one attached hydrogen (secondary N) is 1. The van der Waals surface area contributed by atoms with Crippen LogP contribution in [0.4, 0.5) is 5.69 Å². The van der Waals surface area contributed by atoms with Crippen molar-refractivity contribution in [3.63, 3.8) is 0 Å². The number of hydrogen-bond acceptors (Lipinski definition) is 2. The van der Waals surface area contributed by atoms with E-state index in [2.05, 4.69) is 21.2 Å². The fourth-order valence-corrected chi connectivity index (χ4v) is 1.62. The molecule has 0 unspecified atom stereocenters. The van der Waals surface area contributed by atoms with E-state index >= 15 is 0 Å². The van der Waals surface area contributed by atoms with Gasteiger partial charge in [-0.1, -0.05) is 0 Å². The zero-order valence-electron chi connectivity index (χ0n) is 7.97. The minimum absolute atomic E-state index is 0.00287. The summed E-state index contributed by atoms with van der Waals surface area (Å²) in [7, 11) is 1.73. The Labute approximate surface area is 85.9 Å². The minimum Gasteiger partial charge on any atom is -0.378 e. The number of hydrogen-bond donors (Lipinski definition) is 1. The van der Waals surface area contributed by atoms with Gasteiger partial charge in [0.05, 0.1) is 0 Å². The van der Waals surface area contributed by atoms with E-state index in [9.17, 15) is 4.79 Å². The molecule has 0 aliphatic carbocycles. The van der Waals surface area contributed by atoms with Crippen molar-refractivity contribution in [2.24, 2.45) is 7.05 Å². The first-order valence-corrected chi connectivity index (χ1v) is 4.92. The molecule has 3 nitrogen and oxygen atoms in total. The van der Waals surface area contributed by atoms with E-state index in [0.29, 0.717) is 5.69 Å². The third kappa shape index (κ3) is 2.59. The SMILES string of the molecule is CC(C)Nc1cc(Br)cn(C)c1=O. The first-order valence-electron chi connectivity index (χ1n) is 4.13. The number of anilines is 1. The van der Waals surface area contributed by atoms with Gasteiger partial charge in [-0.3, -0.25) is 4.79 Å². The Kier molecular flexibility index (Phi) is 3.14. The summed E-state index contributed by atoms with van der Waals surface area (Å²) in [6, 6.07) is 2.06. The number of halogens is 1. The predicted molar refractivity (Wildman–Crippen MR) is 58.1 cm³/mol. The van der Waals surface area contributed by atoms with Crippen molar-refractivity contribution in [2.45, 2.75) is 19.9 Å². The van der Waals surface area contributed by atoms with Crippen molar-refractivity contribution in [3.05, 3.63) is 27.1 Å². The van der Waals surface area contributed by atoms with Gasteiger partial charge in [0.2, 0.25) is 0 Å². The van der Waals surface area contributed by atoms with E-state index in [1.807, 2.05) is 13.8 Å². The Hall–Kier alpha value is -0.770. The van der Waals surface area contributed by atoms with Crippen molar-refractivity contribution >= 4 is 21.6 Å². The van der Waals surface area contributed by atoms with Crippen LogP contribution in [0.25, 0.3) is 0 Å². The molecule has 1 aromatic heterocycles. The van der Waals surface area contributed by atoms with Crippen LogP contribution in [0.2, 0.25) is 0 Å². The highest BCUT2D eigenvalue weighted by atomic mass is 79.9. The molecule has 1 aromatic rings. The topological polar surface area (TPSA) is 34.0 Å². The molecule has 1 rings (SSSR count). The molecule has 0 saturated carbocycles. The smallest absolute Gasteiger partial charge is 0.273 e. The summed E-state index contributed by atoms with van der Waals surface area (Å²) >= 11 is 3.34. The van der Waals surface area contributed by atoms with Crippen LogP contribution in [0, 0.1) is 0 Å². The van der Waals surface area contributed by atoms with Crippen LogP contribution < -0.4 is 10.9 Å². The molecule has 0 saturated heterocycles. The Morgan fingerprint density at radius 2 is 2.15 bits per heavy atom. The average Bonchev–Trinajstić information content (AvgIpc) is 1.98. The molecule has 13 heavy (non-hydrogen) atoms. The largest absolute Gasteiger partial charge is 0.378 e. The summed E-state index contributed by atoms with van der Waals surface area (Å²) < 4.78 is 2.45. The molecule has 4 heteroatoms. The average molecular weight is 245 g/mol. The number of nitrogens with zero attached hydrogens (tertiary/aromatic N) is 1. The number of pyridine rings is 1. The lowest BCUT2D eigenvalue weighted by Crippen LogP contribution is -2.23. The van der Waals surface area contributed by atoms with Crippen LogP contribution >= 0.6 is 15.9 Å². The molecular weight excluding hydrogens is 232 g/mol. The van der Waals surface area contributed by atoms with Gasteiger partial charge >= 0.3 is 0 Å². The lowest BCUT2D eigenvalue weighted by Gasteiger charge is -2.10. The highest BCUT2D eigenvalue weighted by Gasteiger charge is 2.03. The molecule has 0 radical (unpaired) electrons. The summed E-state index contributed by atoms with van der Waals surface area (Å²) in [6.45, 7) is 4.00. The second-order valence-electron chi connectivity index (χ2n) is 3.29. The lowest BCUT2D eigenvalue weighted by atomic mass is 10.3. The van der Waals surface area contributed by atoms with Gasteiger partial charge in [-0.25, -0.2) is 0 Å². The Morgan fingerprint density at radius 3 is 2.69 bits per heavy atom. The van der Waals surface area contributed by atoms with Crippen molar-refractivity contribution in [3.8, 4) is 0 Å². The zero-order chi connectivity index (χ0) is 10.0. The number of aromatic nitrogens is 1. The second-order valence-corrected chi connectivity index (χ2v) is 4.20. The summed E-state index contributed by atoms with van der Waals surface area (Å²) in [5.41, 5.74) is 0.628. The van der Waals surface area contributed by atoms with E-state index < -0.39 is 0 Å². The van der Waals surface area contributed by atoms with Gasteiger partial charge in [-0.2, -0.15) is 0 Å².